The smallest absolute Gasteiger partial charge is 0.255 e. The lowest BCUT2D eigenvalue weighted by atomic mass is 10.00. The Morgan fingerprint density at radius 2 is 1.69 bits per heavy atom. The van der Waals surface area contributed by atoms with Crippen molar-refractivity contribution in [3.05, 3.63) is 0 Å². The van der Waals surface area contributed by atoms with Crippen molar-refractivity contribution in [2.45, 2.75) is 25.2 Å². The minimum absolute atomic E-state index is 0.239. The fourth-order valence-corrected chi connectivity index (χ4v) is 3.03. The molecule has 3 atom stereocenters. The highest BCUT2D eigenvalue weighted by atomic mass is 19.3. The SMILES string of the molecule is FC1(F)C(C2CC2)C1C1CCNC1. The zero-order valence-electron chi connectivity index (χ0n) is 7.60. The first-order valence-corrected chi connectivity index (χ1v) is 5.30. The van der Waals surface area contributed by atoms with Crippen LogP contribution in [0, 0.1) is 23.7 Å². The summed E-state index contributed by atoms with van der Waals surface area (Å²) in [5.74, 6) is -2.17. The molecule has 1 heterocycles. The predicted octanol–water partition coefficient (Wildman–Crippen LogP) is 1.89. The topological polar surface area (TPSA) is 12.0 Å². The molecule has 3 aliphatic rings. The van der Waals surface area contributed by atoms with E-state index in [1.165, 1.54) is 0 Å². The van der Waals surface area contributed by atoms with Crippen LogP contribution >= 0.6 is 0 Å². The van der Waals surface area contributed by atoms with Crippen LogP contribution in [0.25, 0.3) is 0 Å². The lowest BCUT2D eigenvalue weighted by Crippen LogP contribution is -2.13. The second-order valence-corrected chi connectivity index (χ2v) is 4.82. The van der Waals surface area contributed by atoms with Crippen molar-refractivity contribution in [2.24, 2.45) is 23.7 Å². The first kappa shape index (κ1) is 8.16. The van der Waals surface area contributed by atoms with Gasteiger partial charge >= 0.3 is 0 Å². The van der Waals surface area contributed by atoms with Crippen LogP contribution in [0.4, 0.5) is 8.78 Å². The highest BCUT2D eigenvalue weighted by Crippen LogP contribution is 2.67. The number of rotatable bonds is 2. The largest absolute Gasteiger partial charge is 0.316 e. The van der Waals surface area contributed by atoms with Crippen LogP contribution in [0.1, 0.15) is 19.3 Å². The molecule has 0 aromatic heterocycles. The van der Waals surface area contributed by atoms with E-state index < -0.39 is 5.92 Å². The summed E-state index contributed by atoms with van der Waals surface area (Å²) < 4.78 is 26.8. The summed E-state index contributed by atoms with van der Waals surface area (Å²) in [7, 11) is 0. The quantitative estimate of drug-likeness (QED) is 0.696. The van der Waals surface area contributed by atoms with Crippen LogP contribution in [0.5, 0.6) is 0 Å². The summed E-state index contributed by atoms with van der Waals surface area (Å²) >= 11 is 0. The Balaban J connectivity index is 1.70. The molecular weight excluding hydrogens is 172 g/mol. The van der Waals surface area contributed by atoms with Crippen LogP contribution in [-0.4, -0.2) is 19.0 Å². The molecule has 0 radical (unpaired) electrons. The average Bonchev–Trinajstić information content (AvgIpc) is 2.91. The van der Waals surface area contributed by atoms with E-state index in [4.69, 9.17) is 0 Å². The number of halogens is 2. The summed E-state index contributed by atoms with van der Waals surface area (Å²) in [5.41, 5.74) is 0. The molecule has 2 saturated carbocycles. The van der Waals surface area contributed by atoms with E-state index >= 15 is 0 Å². The molecule has 74 valence electrons. The second-order valence-electron chi connectivity index (χ2n) is 4.82. The number of hydrogen-bond acceptors (Lipinski definition) is 1. The summed E-state index contributed by atoms with van der Waals surface area (Å²) in [6, 6.07) is 0. The number of alkyl halides is 2. The van der Waals surface area contributed by atoms with E-state index in [-0.39, 0.29) is 17.8 Å². The Bertz CT molecular complexity index is 219. The van der Waals surface area contributed by atoms with E-state index in [1.54, 1.807) is 0 Å². The van der Waals surface area contributed by atoms with Crippen molar-refractivity contribution >= 4 is 0 Å². The standard InChI is InChI=1S/C10H15F2N/c11-10(12)8(6-1-2-6)9(10)7-3-4-13-5-7/h6-9,13H,1-5H2. The average molecular weight is 187 g/mol. The van der Waals surface area contributed by atoms with E-state index in [1.807, 2.05) is 0 Å². The molecule has 1 N–H and O–H groups in total. The number of hydrogen-bond donors (Lipinski definition) is 1. The molecule has 0 amide bonds. The third-order valence-corrected chi connectivity index (χ3v) is 3.90. The van der Waals surface area contributed by atoms with E-state index in [0.29, 0.717) is 5.92 Å². The van der Waals surface area contributed by atoms with Gasteiger partial charge in [-0.15, -0.1) is 0 Å². The van der Waals surface area contributed by atoms with Gasteiger partial charge in [-0.05, 0) is 44.2 Å². The highest BCUT2D eigenvalue weighted by Gasteiger charge is 2.73. The van der Waals surface area contributed by atoms with Crippen molar-refractivity contribution < 1.29 is 8.78 Å². The minimum atomic E-state index is -2.31. The molecule has 0 aromatic rings. The molecule has 3 fully saturated rings. The van der Waals surface area contributed by atoms with Gasteiger partial charge in [0, 0.05) is 11.8 Å². The molecule has 2 aliphatic carbocycles. The first-order valence-electron chi connectivity index (χ1n) is 5.30. The van der Waals surface area contributed by atoms with Gasteiger partial charge in [-0.3, -0.25) is 0 Å². The van der Waals surface area contributed by atoms with Gasteiger partial charge in [0.25, 0.3) is 5.92 Å². The highest BCUT2D eigenvalue weighted by molar-refractivity contribution is 5.14. The molecule has 3 unspecified atom stereocenters. The van der Waals surface area contributed by atoms with Gasteiger partial charge in [-0.25, -0.2) is 8.78 Å². The number of nitrogens with one attached hydrogen (secondary N) is 1. The fraction of sp³-hybridized carbons (Fsp3) is 1.00. The maximum Gasteiger partial charge on any atom is 0.255 e. The Morgan fingerprint density at radius 3 is 2.23 bits per heavy atom. The van der Waals surface area contributed by atoms with Crippen LogP contribution in [0.3, 0.4) is 0 Å². The minimum Gasteiger partial charge on any atom is -0.316 e. The van der Waals surface area contributed by atoms with Crippen molar-refractivity contribution in [2.75, 3.05) is 13.1 Å². The Labute approximate surface area is 76.9 Å². The molecule has 3 heteroatoms. The molecule has 13 heavy (non-hydrogen) atoms. The zero-order valence-corrected chi connectivity index (χ0v) is 7.60. The van der Waals surface area contributed by atoms with Crippen LogP contribution < -0.4 is 5.32 Å². The predicted molar refractivity (Wildman–Crippen MR) is 45.6 cm³/mol. The van der Waals surface area contributed by atoms with Crippen molar-refractivity contribution in [1.82, 2.24) is 5.32 Å². The first-order chi connectivity index (χ1) is 6.21. The molecular formula is C10H15F2N. The fourth-order valence-electron chi connectivity index (χ4n) is 3.03. The molecule has 3 rings (SSSR count). The Morgan fingerprint density at radius 1 is 1.00 bits per heavy atom. The van der Waals surface area contributed by atoms with Crippen LogP contribution in [0.2, 0.25) is 0 Å². The van der Waals surface area contributed by atoms with E-state index in [0.717, 1.165) is 32.4 Å². The van der Waals surface area contributed by atoms with E-state index in [9.17, 15) is 8.78 Å². The van der Waals surface area contributed by atoms with Crippen molar-refractivity contribution in [3.8, 4) is 0 Å². The van der Waals surface area contributed by atoms with Gasteiger partial charge in [-0.1, -0.05) is 0 Å². The summed E-state index contributed by atoms with van der Waals surface area (Å²) in [5, 5.41) is 3.18. The lowest BCUT2D eigenvalue weighted by molar-refractivity contribution is 0.0726. The van der Waals surface area contributed by atoms with Gasteiger partial charge in [-0.2, -0.15) is 0 Å². The molecule has 0 aromatic carbocycles. The van der Waals surface area contributed by atoms with Crippen molar-refractivity contribution in [1.29, 1.82) is 0 Å². The van der Waals surface area contributed by atoms with Crippen LogP contribution in [0.15, 0.2) is 0 Å². The van der Waals surface area contributed by atoms with E-state index in [2.05, 4.69) is 5.32 Å². The third-order valence-electron chi connectivity index (χ3n) is 3.90. The third kappa shape index (κ3) is 1.13. The van der Waals surface area contributed by atoms with Gasteiger partial charge in [0.1, 0.15) is 0 Å². The molecule has 0 spiro atoms. The summed E-state index contributed by atoms with van der Waals surface area (Å²) in [6.45, 7) is 1.76. The monoisotopic (exact) mass is 187 g/mol. The maximum atomic E-state index is 13.4. The summed E-state index contributed by atoms with van der Waals surface area (Å²) in [6.07, 6.45) is 3.07. The molecule has 1 saturated heterocycles. The van der Waals surface area contributed by atoms with Gasteiger partial charge in [0.05, 0.1) is 0 Å². The molecule has 0 bridgehead atoms. The van der Waals surface area contributed by atoms with Crippen molar-refractivity contribution in [3.63, 3.8) is 0 Å². The van der Waals surface area contributed by atoms with Gasteiger partial charge < -0.3 is 5.32 Å². The maximum absolute atomic E-state index is 13.4. The molecule has 1 nitrogen and oxygen atoms in total. The normalized spacial score (nSPS) is 48.0. The molecule has 1 aliphatic heterocycles. The second kappa shape index (κ2) is 2.44. The van der Waals surface area contributed by atoms with Gasteiger partial charge in [0.2, 0.25) is 0 Å². The Kier molecular flexibility index (Phi) is 1.53. The summed E-state index contributed by atoms with van der Waals surface area (Å²) in [4.78, 5) is 0. The lowest BCUT2D eigenvalue weighted by Gasteiger charge is -2.05. The Hall–Kier alpha value is -0.180. The van der Waals surface area contributed by atoms with Gasteiger partial charge in [0.15, 0.2) is 0 Å². The zero-order chi connectivity index (χ0) is 9.05. The van der Waals surface area contributed by atoms with Crippen LogP contribution in [-0.2, 0) is 0 Å².